The zero-order valence-corrected chi connectivity index (χ0v) is 11.5. The SMILES string of the molecule is CC(C)(C)c1ccc(F)cc1N1CCC(CN)C1. The van der Waals surface area contributed by atoms with Crippen LogP contribution in [0.15, 0.2) is 18.2 Å². The minimum absolute atomic E-state index is 0.0316. The summed E-state index contributed by atoms with van der Waals surface area (Å²) in [5.41, 5.74) is 8.01. The largest absolute Gasteiger partial charge is 0.371 e. The molecule has 1 aromatic rings. The van der Waals surface area contributed by atoms with E-state index in [1.54, 1.807) is 12.1 Å². The third-order valence-electron chi connectivity index (χ3n) is 3.73. The molecule has 0 aromatic heterocycles. The highest BCUT2D eigenvalue weighted by molar-refractivity contribution is 5.57. The van der Waals surface area contributed by atoms with E-state index in [9.17, 15) is 4.39 Å². The smallest absolute Gasteiger partial charge is 0.125 e. The summed E-state index contributed by atoms with van der Waals surface area (Å²) in [6, 6.07) is 5.14. The maximum Gasteiger partial charge on any atom is 0.125 e. The van der Waals surface area contributed by atoms with Crippen LogP contribution in [-0.4, -0.2) is 19.6 Å². The van der Waals surface area contributed by atoms with Gasteiger partial charge >= 0.3 is 0 Å². The molecule has 0 radical (unpaired) electrons. The lowest BCUT2D eigenvalue weighted by Crippen LogP contribution is -2.26. The summed E-state index contributed by atoms with van der Waals surface area (Å²) in [4.78, 5) is 2.28. The third kappa shape index (κ3) is 2.66. The summed E-state index contributed by atoms with van der Waals surface area (Å²) >= 11 is 0. The van der Waals surface area contributed by atoms with Crippen LogP contribution in [0.4, 0.5) is 10.1 Å². The monoisotopic (exact) mass is 250 g/mol. The van der Waals surface area contributed by atoms with Gasteiger partial charge in [-0.05, 0) is 42.0 Å². The molecule has 0 aliphatic carbocycles. The second-order valence-corrected chi connectivity index (χ2v) is 6.25. The Kier molecular flexibility index (Phi) is 3.62. The van der Waals surface area contributed by atoms with Gasteiger partial charge in [0.2, 0.25) is 0 Å². The summed E-state index contributed by atoms with van der Waals surface area (Å²) in [7, 11) is 0. The normalized spacial score (nSPS) is 20.5. The standard InChI is InChI=1S/C15H23FN2/c1-15(2,3)13-5-4-12(16)8-14(13)18-7-6-11(9-17)10-18/h4-5,8,11H,6-7,9-10,17H2,1-3H3. The van der Waals surface area contributed by atoms with Crippen molar-refractivity contribution in [3.8, 4) is 0 Å². The molecule has 2 rings (SSSR count). The van der Waals surface area contributed by atoms with Crippen molar-refractivity contribution in [2.45, 2.75) is 32.6 Å². The molecule has 18 heavy (non-hydrogen) atoms. The summed E-state index contributed by atoms with van der Waals surface area (Å²) < 4.78 is 13.5. The van der Waals surface area contributed by atoms with Gasteiger partial charge in [0.1, 0.15) is 5.82 Å². The second kappa shape index (κ2) is 4.88. The van der Waals surface area contributed by atoms with Gasteiger partial charge in [-0.3, -0.25) is 0 Å². The Bertz CT molecular complexity index is 423. The van der Waals surface area contributed by atoms with Crippen molar-refractivity contribution in [2.24, 2.45) is 11.7 Å². The summed E-state index contributed by atoms with van der Waals surface area (Å²) in [5, 5.41) is 0. The third-order valence-corrected chi connectivity index (χ3v) is 3.73. The van der Waals surface area contributed by atoms with Gasteiger partial charge in [-0.15, -0.1) is 0 Å². The van der Waals surface area contributed by atoms with Gasteiger partial charge in [0.05, 0.1) is 0 Å². The molecule has 0 amide bonds. The van der Waals surface area contributed by atoms with E-state index in [2.05, 4.69) is 25.7 Å². The van der Waals surface area contributed by atoms with Crippen LogP contribution in [-0.2, 0) is 5.41 Å². The van der Waals surface area contributed by atoms with Crippen LogP contribution in [0.5, 0.6) is 0 Å². The molecule has 2 N–H and O–H groups in total. The lowest BCUT2D eigenvalue weighted by atomic mass is 9.85. The van der Waals surface area contributed by atoms with Crippen molar-refractivity contribution in [3.63, 3.8) is 0 Å². The van der Waals surface area contributed by atoms with Crippen molar-refractivity contribution >= 4 is 5.69 Å². The Hall–Kier alpha value is -1.09. The highest BCUT2D eigenvalue weighted by Gasteiger charge is 2.27. The van der Waals surface area contributed by atoms with Crippen molar-refractivity contribution in [2.75, 3.05) is 24.5 Å². The fourth-order valence-corrected chi connectivity index (χ4v) is 2.64. The minimum atomic E-state index is -0.158. The summed E-state index contributed by atoms with van der Waals surface area (Å²) in [6.45, 7) is 9.15. The zero-order valence-electron chi connectivity index (χ0n) is 11.5. The predicted octanol–water partition coefficient (Wildman–Crippen LogP) is 2.91. The molecule has 1 fully saturated rings. The van der Waals surface area contributed by atoms with Crippen molar-refractivity contribution in [3.05, 3.63) is 29.6 Å². The number of hydrogen-bond donors (Lipinski definition) is 1. The van der Waals surface area contributed by atoms with E-state index in [1.165, 1.54) is 5.56 Å². The fourth-order valence-electron chi connectivity index (χ4n) is 2.64. The number of halogens is 1. The van der Waals surface area contributed by atoms with Crippen LogP contribution in [0, 0.1) is 11.7 Å². The molecular formula is C15H23FN2. The average molecular weight is 250 g/mol. The molecule has 3 heteroatoms. The number of hydrogen-bond acceptors (Lipinski definition) is 2. The Morgan fingerprint density at radius 2 is 2.11 bits per heavy atom. The van der Waals surface area contributed by atoms with E-state index in [0.29, 0.717) is 5.92 Å². The van der Waals surface area contributed by atoms with Crippen LogP contribution in [0.1, 0.15) is 32.8 Å². The van der Waals surface area contributed by atoms with Gasteiger partial charge in [0.25, 0.3) is 0 Å². The van der Waals surface area contributed by atoms with Gasteiger partial charge < -0.3 is 10.6 Å². The topological polar surface area (TPSA) is 29.3 Å². The lowest BCUT2D eigenvalue weighted by Gasteiger charge is -2.28. The quantitative estimate of drug-likeness (QED) is 0.874. The number of rotatable bonds is 2. The summed E-state index contributed by atoms with van der Waals surface area (Å²) in [5.74, 6) is 0.385. The Morgan fingerprint density at radius 1 is 1.39 bits per heavy atom. The van der Waals surface area contributed by atoms with Crippen molar-refractivity contribution in [1.82, 2.24) is 0 Å². The first-order chi connectivity index (χ1) is 8.41. The molecule has 0 bridgehead atoms. The number of anilines is 1. The lowest BCUT2D eigenvalue weighted by molar-refractivity contribution is 0.578. The van der Waals surface area contributed by atoms with Gasteiger partial charge in [0, 0.05) is 18.8 Å². The van der Waals surface area contributed by atoms with E-state index in [1.807, 2.05) is 6.07 Å². The molecule has 1 heterocycles. The van der Waals surface area contributed by atoms with Crippen LogP contribution in [0.2, 0.25) is 0 Å². The fraction of sp³-hybridized carbons (Fsp3) is 0.600. The first kappa shape index (κ1) is 13.3. The van der Waals surface area contributed by atoms with E-state index in [4.69, 9.17) is 5.73 Å². The molecule has 1 saturated heterocycles. The van der Waals surface area contributed by atoms with Crippen molar-refractivity contribution in [1.29, 1.82) is 0 Å². The van der Waals surface area contributed by atoms with Gasteiger partial charge in [0.15, 0.2) is 0 Å². The van der Waals surface area contributed by atoms with E-state index in [-0.39, 0.29) is 11.2 Å². The number of benzene rings is 1. The maximum atomic E-state index is 13.5. The molecule has 0 saturated carbocycles. The Balaban J connectivity index is 2.34. The van der Waals surface area contributed by atoms with E-state index >= 15 is 0 Å². The van der Waals surface area contributed by atoms with Crippen LogP contribution in [0.3, 0.4) is 0 Å². The molecule has 0 spiro atoms. The van der Waals surface area contributed by atoms with E-state index in [0.717, 1.165) is 31.7 Å². The number of nitrogens with zero attached hydrogens (tertiary/aromatic N) is 1. The van der Waals surface area contributed by atoms with Gasteiger partial charge in [-0.2, -0.15) is 0 Å². The molecular weight excluding hydrogens is 227 g/mol. The Labute approximate surface area is 109 Å². The van der Waals surface area contributed by atoms with Crippen LogP contribution in [0.25, 0.3) is 0 Å². The number of nitrogens with two attached hydrogens (primary N) is 1. The predicted molar refractivity (Wildman–Crippen MR) is 74.5 cm³/mol. The molecule has 100 valence electrons. The summed E-state index contributed by atoms with van der Waals surface area (Å²) in [6.07, 6.45) is 1.11. The molecule has 1 aliphatic rings. The van der Waals surface area contributed by atoms with Gasteiger partial charge in [-0.25, -0.2) is 4.39 Å². The first-order valence-electron chi connectivity index (χ1n) is 6.67. The highest BCUT2D eigenvalue weighted by atomic mass is 19.1. The second-order valence-electron chi connectivity index (χ2n) is 6.25. The highest BCUT2D eigenvalue weighted by Crippen LogP contribution is 2.35. The molecule has 1 atom stereocenters. The maximum absolute atomic E-state index is 13.5. The van der Waals surface area contributed by atoms with Crippen molar-refractivity contribution < 1.29 is 4.39 Å². The zero-order chi connectivity index (χ0) is 13.3. The first-order valence-corrected chi connectivity index (χ1v) is 6.67. The van der Waals surface area contributed by atoms with E-state index < -0.39 is 0 Å². The molecule has 2 nitrogen and oxygen atoms in total. The molecule has 1 unspecified atom stereocenters. The minimum Gasteiger partial charge on any atom is -0.371 e. The molecule has 1 aliphatic heterocycles. The van der Waals surface area contributed by atoms with Crippen LogP contribution < -0.4 is 10.6 Å². The van der Waals surface area contributed by atoms with Crippen LogP contribution >= 0.6 is 0 Å². The van der Waals surface area contributed by atoms with Gasteiger partial charge in [-0.1, -0.05) is 26.8 Å². The average Bonchev–Trinajstić information content (AvgIpc) is 2.75. The Morgan fingerprint density at radius 3 is 2.67 bits per heavy atom. The molecule has 1 aromatic carbocycles.